The number of hydrogen-bond acceptors (Lipinski definition) is 6. The van der Waals surface area contributed by atoms with Crippen LogP contribution in [0.3, 0.4) is 0 Å². The Morgan fingerprint density at radius 2 is 2.15 bits per heavy atom. The van der Waals surface area contributed by atoms with Gasteiger partial charge in [0, 0.05) is 24.9 Å². The molecule has 8 heteroatoms. The molecule has 0 radical (unpaired) electrons. The Hall–Kier alpha value is -3.03. The van der Waals surface area contributed by atoms with Crippen molar-refractivity contribution in [3.05, 3.63) is 52.2 Å². The van der Waals surface area contributed by atoms with Crippen LogP contribution < -0.4 is 10.6 Å². The third kappa shape index (κ3) is 2.86. The molecule has 2 aromatic rings. The first-order chi connectivity index (χ1) is 9.61. The lowest BCUT2D eigenvalue weighted by atomic mass is 10.1. The summed E-state index contributed by atoms with van der Waals surface area (Å²) >= 11 is 0. The molecule has 1 heterocycles. The second-order valence-corrected chi connectivity index (χ2v) is 3.80. The van der Waals surface area contributed by atoms with Crippen LogP contribution in [0.5, 0.6) is 0 Å². The van der Waals surface area contributed by atoms with E-state index in [4.69, 9.17) is 0 Å². The van der Waals surface area contributed by atoms with Crippen LogP contribution in [0.2, 0.25) is 0 Å². The van der Waals surface area contributed by atoms with E-state index < -0.39 is 10.8 Å². The second-order valence-electron chi connectivity index (χ2n) is 3.80. The summed E-state index contributed by atoms with van der Waals surface area (Å²) in [6.45, 7) is 0. The molecule has 0 saturated carbocycles. The van der Waals surface area contributed by atoms with E-state index >= 15 is 0 Å². The number of amides is 1. The molecule has 2 rings (SSSR count). The first-order valence-corrected chi connectivity index (χ1v) is 5.67. The van der Waals surface area contributed by atoms with Crippen LogP contribution in [-0.2, 0) is 0 Å². The fourth-order valence-corrected chi connectivity index (χ4v) is 1.59. The van der Waals surface area contributed by atoms with Gasteiger partial charge in [-0.3, -0.25) is 14.9 Å². The fourth-order valence-electron chi connectivity index (χ4n) is 1.59. The normalized spacial score (nSPS) is 9.85. The van der Waals surface area contributed by atoms with E-state index in [1.807, 2.05) is 0 Å². The van der Waals surface area contributed by atoms with Crippen molar-refractivity contribution >= 4 is 23.1 Å². The quantitative estimate of drug-likeness (QED) is 0.647. The molecule has 20 heavy (non-hydrogen) atoms. The number of carbonyl (C=O) groups excluding carboxylic acids is 1. The number of nitrogens with zero attached hydrogens (tertiary/aromatic N) is 3. The van der Waals surface area contributed by atoms with Gasteiger partial charge in [-0.25, -0.2) is 0 Å². The Bertz CT molecular complexity index is 645. The smallest absolute Gasteiger partial charge is 0.292 e. The molecule has 0 spiro atoms. The molecule has 0 bridgehead atoms. The number of nitro groups is 1. The Morgan fingerprint density at radius 1 is 1.35 bits per heavy atom. The number of hydrogen-bond donors (Lipinski definition) is 2. The van der Waals surface area contributed by atoms with Gasteiger partial charge in [-0.15, -0.1) is 5.10 Å². The predicted octanol–water partition coefficient (Wildman–Crippen LogP) is 1.68. The average molecular weight is 273 g/mol. The highest BCUT2D eigenvalue weighted by atomic mass is 16.6. The number of nitro benzene ring substituents is 1. The van der Waals surface area contributed by atoms with Crippen molar-refractivity contribution in [3.63, 3.8) is 0 Å². The Kier molecular flexibility index (Phi) is 3.85. The maximum atomic E-state index is 12.0. The third-order valence-corrected chi connectivity index (χ3v) is 2.54. The standard InChI is InChI=1S/C12H11N5O3/c1-13-9-7-8(4-5-10(9)17(19)20)12(18)15-11-3-2-6-14-16-11/h2-7,13H,1H3,(H,15,16,18). The lowest BCUT2D eigenvalue weighted by molar-refractivity contribution is -0.383. The molecule has 0 aliphatic heterocycles. The minimum atomic E-state index is -0.518. The summed E-state index contributed by atoms with van der Waals surface area (Å²) in [7, 11) is 1.55. The molecule has 102 valence electrons. The first-order valence-electron chi connectivity index (χ1n) is 5.67. The van der Waals surface area contributed by atoms with Gasteiger partial charge in [0.2, 0.25) is 0 Å². The summed E-state index contributed by atoms with van der Waals surface area (Å²) in [5.74, 6) is -0.112. The summed E-state index contributed by atoms with van der Waals surface area (Å²) in [4.78, 5) is 22.3. The molecule has 1 aromatic carbocycles. The minimum Gasteiger partial charge on any atom is -0.383 e. The average Bonchev–Trinajstić information content (AvgIpc) is 2.47. The number of rotatable bonds is 4. The van der Waals surface area contributed by atoms with Crippen molar-refractivity contribution in [1.29, 1.82) is 0 Å². The van der Waals surface area contributed by atoms with Crippen LogP contribution in [0.4, 0.5) is 17.2 Å². The molecule has 1 aromatic heterocycles. The monoisotopic (exact) mass is 273 g/mol. The molecule has 0 fully saturated rings. The summed E-state index contributed by atoms with van der Waals surface area (Å²) in [5, 5.41) is 23.4. The zero-order valence-corrected chi connectivity index (χ0v) is 10.5. The van der Waals surface area contributed by atoms with Crippen molar-refractivity contribution in [2.24, 2.45) is 0 Å². The molecule has 2 N–H and O–H groups in total. The maximum absolute atomic E-state index is 12.0. The number of carbonyl (C=O) groups is 1. The number of aromatic nitrogens is 2. The van der Waals surface area contributed by atoms with Crippen molar-refractivity contribution in [2.45, 2.75) is 0 Å². The zero-order chi connectivity index (χ0) is 14.5. The summed E-state index contributed by atoms with van der Waals surface area (Å²) in [6, 6.07) is 7.29. The highest BCUT2D eigenvalue weighted by Crippen LogP contribution is 2.25. The molecule has 0 aliphatic rings. The van der Waals surface area contributed by atoms with Gasteiger partial charge in [0.15, 0.2) is 5.82 Å². The molecular formula is C12H11N5O3. The van der Waals surface area contributed by atoms with Gasteiger partial charge in [-0.1, -0.05) is 0 Å². The second kappa shape index (κ2) is 5.74. The summed E-state index contributed by atoms with van der Waals surface area (Å²) in [6.07, 6.45) is 1.49. The molecule has 0 atom stereocenters. The zero-order valence-electron chi connectivity index (χ0n) is 10.5. The topological polar surface area (TPSA) is 110 Å². The fraction of sp³-hybridized carbons (Fsp3) is 0.0833. The Balaban J connectivity index is 2.25. The summed E-state index contributed by atoms with van der Waals surface area (Å²) < 4.78 is 0. The largest absolute Gasteiger partial charge is 0.383 e. The highest BCUT2D eigenvalue weighted by molar-refractivity contribution is 6.04. The lowest BCUT2D eigenvalue weighted by Gasteiger charge is -2.06. The van der Waals surface area contributed by atoms with Crippen molar-refractivity contribution < 1.29 is 9.72 Å². The number of nitrogens with one attached hydrogen (secondary N) is 2. The van der Waals surface area contributed by atoms with E-state index in [-0.39, 0.29) is 16.9 Å². The molecule has 8 nitrogen and oxygen atoms in total. The van der Waals surface area contributed by atoms with Gasteiger partial charge in [-0.2, -0.15) is 5.10 Å². The van der Waals surface area contributed by atoms with Crippen LogP contribution in [0.25, 0.3) is 0 Å². The van der Waals surface area contributed by atoms with Gasteiger partial charge < -0.3 is 10.6 Å². The number of benzene rings is 1. The van der Waals surface area contributed by atoms with Crippen LogP contribution in [0.15, 0.2) is 36.5 Å². The predicted molar refractivity (Wildman–Crippen MR) is 72.6 cm³/mol. The van der Waals surface area contributed by atoms with Gasteiger partial charge in [0.25, 0.3) is 11.6 Å². The van der Waals surface area contributed by atoms with E-state index in [1.54, 1.807) is 19.2 Å². The van der Waals surface area contributed by atoms with Gasteiger partial charge >= 0.3 is 0 Å². The van der Waals surface area contributed by atoms with Crippen LogP contribution in [-0.4, -0.2) is 28.1 Å². The Morgan fingerprint density at radius 3 is 2.75 bits per heavy atom. The number of anilines is 2. The van der Waals surface area contributed by atoms with E-state index in [0.29, 0.717) is 5.82 Å². The van der Waals surface area contributed by atoms with Crippen LogP contribution in [0.1, 0.15) is 10.4 Å². The maximum Gasteiger partial charge on any atom is 0.292 e. The summed E-state index contributed by atoms with van der Waals surface area (Å²) in [5.41, 5.74) is 0.455. The molecule has 0 saturated heterocycles. The molecule has 0 aliphatic carbocycles. The van der Waals surface area contributed by atoms with Gasteiger partial charge in [-0.05, 0) is 24.3 Å². The van der Waals surface area contributed by atoms with E-state index in [0.717, 1.165) is 0 Å². The van der Waals surface area contributed by atoms with Gasteiger partial charge in [0.05, 0.1) is 4.92 Å². The molecule has 1 amide bonds. The SMILES string of the molecule is CNc1cc(C(=O)Nc2cccnn2)ccc1[N+](=O)[O-]. The minimum absolute atomic E-state index is 0.0939. The van der Waals surface area contributed by atoms with E-state index in [9.17, 15) is 14.9 Å². The van der Waals surface area contributed by atoms with E-state index in [1.165, 1.54) is 24.4 Å². The molecule has 0 unspecified atom stereocenters. The third-order valence-electron chi connectivity index (χ3n) is 2.54. The van der Waals surface area contributed by atoms with Gasteiger partial charge in [0.1, 0.15) is 5.69 Å². The van der Waals surface area contributed by atoms with E-state index in [2.05, 4.69) is 20.8 Å². The van der Waals surface area contributed by atoms with Crippen molar-refractivity contribution in [1.82, 2.24) is 10.2 Å². The lowest BCUT2D eigenvalue weighted by Crippen LogP contribution is -2.13. The first kappa shape index (κ1) is 13.4. The molecular weight excluding hydrogens is 262 g/mol. The highest BCUT2D eigenvalue weighted by Gasteiger charge is 2.16. The van der Waals surface area contributed by atoms with Crippen LogP contribution >= 0.6 is 0 Å². The van der Waals surface area contributed by atoms with Crippen LogP contribution in [0, 0.1) is 10.1 Å². The van der Waals surface area contributed by atoms with Crippen molar-refractivity contribution in [3.8, 4) is 0 Å². The van der Waals surface area contributed by atoms with Crippen molar-refractivity contribution in [2.75, 3.05) is 17.7 Å². The Labute approximate surface area is 114 Å².